The topological polar surface area (TPSA) is 56.7 Å². The molecule has 0 radical (unpaired) electrons. The van der Waals surface area contributed by atoms with Gasteiger partial charge in [-0.1, -0.05) is 176 Å². The lowest BCUT2D eigenvalue weighted by Gasteiger charge is -2.20. The van der Waals surface area contributed by atoms with E-state index in [4.69, 9.17) is 19.4 Å². The van der Waals surface area contributed by atoms with Gasteiger partial charge < -0.3 is 8.98 Å². The molecular formula is C57H38N4O. The number of hydrogen-bond acceptors (Lipinski definition) is 4. The van der Waals surface area contributed by atoms with Crippen molar-refractivity contribution in [2.45, 2.75) is 12.3 Å². The summed E-state index contributed by atoms with van der Waals surface area (Å²) in [5, 5.41) is 3.25. The quantitative estimate of drug-likeness (QED) is 0.161. The van der Waals surface area contributed by atoms with Crippen LogP contribution >= 0.6 is 0 Å². The van der Waals surface area contributed by atoms with Gasteiger partial charge in [0.2, 0.25) is 0 Å². The molecule has 1 aliphatic carbocycles. The van der Waals surface area contributed by atoms with Crippen molar-refractivity contribution in [2.24, 2.45) is 0 Å². The molecule has 0 aliphatic heterocycles. The van der Waals surface area contributed by atoms with Crippen molar-refractivity contribution in [3.63, 3.8) is 0 Å². The highest BCUT2D eigenvalue weighted by Gasteiger charge is 2.25. The van der Waals surface area contributed by atoms with E-state index in [0.29, 0.717) is 17.5 Å². The third-order valence-corrected chi connectivity index (χ3v) is 12.2. The van der Waals surface area contributed by atoms with Crippen molar-refractivity contribution in [3.8, 4) is 62.1 Å². The SMILES string of the molecule is C1=CC(c2cccc(-c3ccccc3)c2)Cc2c1n(-c1ccc3oc4cccc(-c5nc(-c6ccccc6)nc(-c6ccc(-c7ccccc7)cc6)n5)c4c3c1)c1ccccc21. The lowest BCUT2D eigenvalue weighted by molar-refractivity contribution is 0.669. The molecule has 0 spiro atoms. The van der Waals surface area contributed by atoms with Crippen LogP contribution in [0.2, 0.25) is 0 Å². The van der Waals surface area contributed by atoms with E-state index < -0.39 is 0 Å². The zero-order valence-electron chi connectivity index (χ0n) is 33.7. The van der Waals surface area contributed by atoms with Gasteiger partial charge in [0.1, 0.15) is 11.2 Å². The van der Waals surface area contributed by atoms with Crippen LogP contribution in [0.4, 0.5) is 0 Å². The zero-order valence-corrected chi connectivity index (χ0v) is 33.7. The zero-order chi connectivity index (χ0) is 41.0. The standard InChI is InChI=1S/C57H38N4O/c1-4-14-37(15-5-1)39-26-28-41(29-27-39)56-58-55(40-18-8-3-9-19-40)59-57(60-56)47-23-13-25-53-54(47)49-36-45(31-33-52(49)62-53)61-50-24-11-10-22-46(50)48-35-44(30-32-51(48)61)43-21-12-20-42(34-43)38-16-6-2-7-17-38/h1-34,36,44H,35H2. The van der Waals surface area contributed by atoms with Gasteiger partial charge in [-0.15, -0.1) is 0 Å². The number of benzene rings is 8. The van der Waals surface area contributed by atoms with Gasteiger partial charge in [0.05, 0.1) is 5.52 Å². The summed E-state index contributed by atoms with van der Waals surface area (Å²) < 4.78 is 8.99. The Balaban J connectivity index is 0.978. The van der Waals surface area contributed by atoms with Gasteiger partial charge in [0.25, 0.3) is 0 Å². The van der Waals surface area contributed by atoms with Crippen LogP contribution in [0.15, 0.2) is 211 Å². The molecule has 8 aromatic carbocycles. The molecule has 5 heteroatoms. The fourth-order valence-electron chi connectivity index (χ4n) is 9.22. The Kier molecular flexibility index (Phi) is 8.56. The Morgan fingerprint density at radius 2 is 1.05 bits per heavy atom. The van der Waals surface area contributed by atoms with Crippen LogP contribution in [-0.4, -0.2) is 19.5 Å². The summed E-state index contributed by atoms with van der Waals surface area (Å²) in [6, 6.07) is 70.1. The van der Waals surface area contributed by atoms with Crippen molar-refractivity contribution in [1.82, 2.24) is 19.5 Å². The Morgan fingerprint density at radius 3 is 1.81 bits per heavy atom. The summed E-state index contributed by atoms with van der Waals surface area (Å²) in [5.41, 5.74) is 15.2. The van der Waals surface area contributed by atoms with Gasteiger partial charge in [-0.25, -0.2) is 15.0 Å². The smallest absolute Gasteiger partial charge is 0.164 e. The molecule has 62 heavy (non-hydrogen) atoms. The molecule has 1 atom stereocenters. The first-order valence-electron chi connectivity index (χ1n) is 21.1. The van der Waals surface area contributed by atoms with Crippen LogP contribution in [0, 0.1) is 0 Å². The van der Waals surface area contributed by atoms with E-state index in [1.165, 1.54) is 38.9 Å². The third-order valence-electron chi connectivity index (χ3n) is 12.2. The van der Waals surface area contributed by atoms with E-state index in [1.807, 2.05) is 48.5 Å². The van der Waals surface area contributed by atoms with Gasteiger partial charge in [0, 0.05) is 50.1 Å². The van der Waals surface area contributed by atoms with E-state index in [2.05, 4.69) is 168 Å². The second-order valence-corrected chi connectivity index (χ2v) is 16.0. The molecule has 11 aromatic rings. The number of fused-ring (bicyclic) bond motifs is 6. The molecular weight excluding hydrogens is 757 g/mol. The number of aromatic nitrogens is 4. The Bertz CT molecular complexity index is 3480. The van der Waals surface area contributed by atoms with Crippen LogP contribution in [-0.2, 0) is 6.42 Å². The molecule has 1 aliphatic rings. The first-order chi connectivity index (χ1) is 30.7. The van der Waals surface area contributed by atoms with Crippen LogP contribution < -0.4 is 0 Å². The minimum absolute atomic E-state index is 0.265. The molecule has 3 aromatic heterocycles. The number of para-hydroxylation sites is 1. The molecule has 5 nitrogen and oxygen atoms in total. The largest absolute Gasteiger partial charge is 0.456 e. The molecule has 292 valence electrons. The summed E-state index contributed by atoms with van der Waals surface area (Å²) in [4.78, 5) is 15.4. The highest BCUT2D eigenvalue weighted by atomic mass is 16.3. The van der Waals surface area contributed by atoms with Gasteiger partial charge >= 0.3 is 0 Å². The van der Waals surface area contributed by atoms with Crippen molar-refractivity contribution >= 4 is 38.9 Å². The minimum atomic E-state index is 0.265. The summed E-state index contributed by atoms with van der Waals surface area (Å²) in [6.07, 6.45) is 5.62. The molecule has 0 saturated heterocycles. The first kappa shape index (κ1) is 35.8. The van der Waals surface area contributed by atoms with Gasteiger partial charge in [0.15, 0.2) is 17.5 Å². The number of furan rings is 1. The maximum absolute atomic E-state index is 6.58. The summed E-state index contributed by atoms with van der Waals surface area (Å²) in [5.74, 6) is 2.08. The summed E-state index contributed by atoms with van der Waals surface area (Å²) >= 11 is 0. The van der Waals surface area contributed by atoms with Crippen molar-refractivity contribution in [2.75, 3.05) is 0 Å². The van der Waals surface area contributed by atoms with Crippen LogP contribution in [0.3, 0.4) is 0 Å². The highest BCUT2D eigenvalue weighted by molar-refractivity contribution is 6.12. The Hall–Kier alpha value is -8.15. The summed E-state index contributed by atoms with van der Waals surface area (Å²) in [6.45, 7) is 0. The Labute approximate surface area is 359 Å². The molecule has 3 heterocycles. The summed E-state index contributed by atoms with van der Waals surface area (Å²) in [7, 11) is 0. The molecule has 1 unspecified atom stereocenters. The molecule has 0 saturated carbocycles. The second-order valence-electron chi connectivity index (χ2n) is 16.0. The number of allylic oxidation sites excluding steroid dienone is 1. The molecule has 0 fully saturated rings. The third kappa shape index (κ3) is 6.22. The molecule has 0 bridgehead atoms. The van der Waals surface area contributed by atoms with Crippen LogP contribution in [0.1, 0.15) is 22.7 Å². The molecule has 12 rings (SSSR count). The van der Waals surface area contributed by atoms with E-state index in [-0.39, 0.29) is 5.92 Å². The lowest BCUT2D eigenvalue weighted by atomic mass is 9.85. The Morgan fingerprint density at radius 1 is 0.452 bits per heavy atom. The highest BCUT2D eigenvalue weighted by Crippen LogP contribution is 2.42. The average molecular weight is 795 g/mol. The van der Waals surface area contributed by atoms with Crippen molar-refractivity contribution < 1.29 is 4.42 Å². The van der Waals surface area contributed by atoms with Gasteiger partial charge in [-0.2, -0.15) is 0 Å². The lowest BCUT2D eigenvalue weighted by Crippen LogP contribution is -2.07. The van der Waals surface area contributed by atoms with Crippen molar-refractivity contribution in [3.05, 3.63) is 223 Å². The van der Waals surface area contributed by atoms with E-state index in [1.54, 1.807) is 0 Å². The number of hydrogen-bond donors (Lipinski definition) is 0. The van der Waals surface area contributed by atoms with Crippen molar-refractivity contribution in [1.29, 1.82) is 0 Å². The van der Waals surface area contributed by atoms with E-state index in [9.17, 15) is 0 Å². The molecule has 0 N–H and O–H groups in total. The number of rotatable bonds is 7. The molecule has 0 amide bonds. The maximum Gasteiger partial charge on any atom is 0.164 e. The minimum Gasteiger partial charge on any atom is -0.456 e. The second kappa shape index (κ2) is 14.8. The maximum atomic E-state index is 6.58. The normalized spacial score (nSPS) is 13.5. The van der Waals surface area contributed by atoms with Gasteiger partial charge in [-0.3, -0.25) is 0 Å². The first-order valence-corrected chi connectivity index (χ1v) is 21.1. The van der Waals surface area contributed by atoms with Gasteiger partial charge in [-0.05, 0) is 76.2 Å². The predicted molar refractivity (Wildman–Crippen MR) is 253 cm³/mol. The fourth-order valence-corrected chi connectivity index (χ4v) is 9.22. The number of nitrogens with zero attached hydrogens (tertiary/aromatic N) is 4. The fraction of sp³-hybridized carbons (Fsp3) is 0.0351. The predicted octanol–water partition coefficient (Wildman–Crippen LogP) is 14.4. The van der Waals surface area contributed by atoms with Crippen LogP contribution in [0.5, 0.6) is 0 Å². The van der Waals surface area contributed by atoms with E-state index in [0.717, 1.165) is 61.9 Å². The van der Waals surface area contributed by atoms with Crippen LogP contribution in [0.25, 0.3) is 101 Å². The monoisotopic (exact) mass is 794 g/mol. The van der Waals surface area contributed by atoms with E-state index >= 15 is 0 Å². The average Bonchev–Trinajstić information content (AvgIpc) is 3.90.